The molecule has 0 spiro atoms. The maximum Gasteiger partial charge on any atom is 0.322 e. The number of urea groups is 1. The number of para-hydroxylation sites is 2. The van der Waals surface area contributed by atoms with Crippen LogP contribution in [-0.2, 0) is 0 Å². The molecule has 1 saturated heterocycles. The summed E-state index contributed by atoms with van der Waals surface area (Å²) in [7, 11) is 0. The average molecular weight is 407 g/mol. The van der Waals surface area contributed by atoms with E-state index in [2.05, 4.69) is 20.4 Å². The highest BCUT2D eigenvalue weighted by molar-refractivity contribution is 6.32. The van der Waals surface area contributed by atoms with Crippen LogP contribution in [0.1, 0.15) is 24.7 Å². The van der Waals surface area contributed by atoms with Crippen molar-refractivity contribution < 1.29 is 4.79 Å². The lowest BCUT2D eigenvalue weighted by atomic mass is 10.2. The van der Waals surface area contributed by atoms with Gasteiger partial charge in [0.15, 0.2) is 0 Å². The molecule has 1 atom stereocenters. The zero-order valence-electron chi connectivity index (χ0n) is 15.5. The highest BCUT2D eigenvalue weighted by Crippen LogP contribution is 2.32. The number of carbonyl (C=O) groups is 1. The molecule has 4 aromatic rings. The van der Waals surface area contributed by atoms with Crippen molar-refractivity contribution in [1.29, 1.82) is 0 Å². The Morgan fingerprint density at radius 2 is 2.10 bits per heavy atom. The van der Waals surface area contributed by atoms with Gasteiger partial charge >= 0.3 is 6.03 Å². The van der Waals surface area contributed by atoms with E-state index in [1.54, 1.807) is 16.9 Å². The van der Waals surface area contributed by atoms with Crippen molar-refractivity contribution in [3.05, 3.63) is 71.8 Å². The Bertz CT molecular complexity index is 1140. The lowest BCUT2D eigenvalue weighted by molar-refractivity contribution is 0.205. The largest absolute Gasteiger partial charge is 0.340 e. The van der Waals surface area contributed by atoms with Gasteiger partial charge < -0.3 is 15.2 Å². The Morgan fingerprint density at radius 1 is 1.21 bits per heavy atom. The van der Waals surface area contributed by atoms with Gasteiger partial charge in [-0.05, 0) is 49.2 Å². The molecule has 1 aliphatic heterocycles. The minimum absolute atomic E-state index is 0.0683. The van der Waals surface area contributed by atoms with E-state index >= 15 is 0 Å². The van der Waals surface area contributed by atoms with E-state index < -0.39 is 0 Å². The van der Waals surface area contributed by atoms with E-state index in [1.165, 1.54) is 0 Å². The van der Waals surface area contributed by atoms with Crippen molar-refractivity contribution in [3.8, 4) is 5.69 Å². The monoisotopic (exact) mass is 406 g/mol. The number of hydrogen-bond acceptors (Lipinski definition) is 3. The van der Waals surface area contributed by atoms with Gasteiger partial charge in [-0.2, -0.15) is 5.10 Å². The number of benzene rings is 2. The number of carbonyl (C=O) groups excluding carboxylic acids is 1. The van der Waals surface area contributed by atoms with Crippen LogP contribution in [0.15, 0.2) is 60.9 Å². The zero-order chi connectivity index (χ0) is 19.8. The van der Waals surface area contributed by atoms with Gasteiger partial charge in [-0.1, -0.05) is 23.7 Å². The Labute approximate surface area is 172 Å². The first-order chi connectivity index (χ1) is 14.2. The number of aromatic nitrogens is 4. The van der Waals surface area contributed by atoms with Crippen molar-refractivity contribution in [1.82, 2.24) is 24.6 Å². The number of fused-ring (bicyclic) bond motifs is 1. The van der Waals surface area contributed by atoms with E-state index in [0.29, 0.717) is 17.3 Å². The first-order valence-electron chi connectivity index (χ1n) is 9.51. The standard InChI is InChI=1S/C21H19ClN6O/c22-15-13-14(8-9-18(15)28-12-4-10-23-28)24-21(29)27-11-3-7-19(27)20-25-16-5-1-2-6-17(16)26-20/h1-2,4-6,8-10,12-13,19H,3,7,11H2,(H,24,29)(H,25,26). The third-order valence-corrected chi connectivity index (χ3v) is 5.49. The predicted octanol–water partition coefficient (Wildman–Crippen LogP) is 4.77. The van der Waals surface area contributed by atoms with Gasteiger partial charge in [-0.25, -0.2) is 14.5 Å². The van der Waals surface area contributed by atoms with Gasteiger partial charge in [0.25, 0.3) is 0 Å². The van der Waals surface area contributed by atoms with Crippen LogP contribution >= 0.6 is 11.6 Å². The van der Waals surface area contributed by atoms with Crippen LogP contribution in [0.5, 0.6) is 0 Å². The molecule has 2 aromatic carbocycles. The van der Waals surface area contributed by atoms with Gasteiger partial charge in [0.2, 0.25) is 0 Å². The minimum atomic E-state index is -0.157. The molecule has 0 radical (unpaired) electrons. The third kappa shape index (κ3) is 3.34. The second kappa shape index (κ2) is 7.25. The molecule has 1 fully saturated rings. The molecule has 2 amide bonds. The minimum Gasteiger partial charge on any atom is -0.340 e. The Hall–Kier alpha value is -3.32. The summed E-state index contributed by atoms with van der Waals surface area (Å²) in [5.41, 5.74) is 3.30. The van der Waals surface area contributed by atoms with E-state index in [0.717, 1.165) is 35.4 Å². The van der Waals surface area contributed by atoms with Crippen LogP contribution in [0.2, 0.25) is 5.02 Å². The summed E-state index contributed by atoms with van der Waals surface area (Å²) in [5.74, 6) is 0.825. The fraction of sp³-hybridized carbons (Fsp3) is 0.190. The molecule has 5 rings (SSSR count). The quantitative estimate of drug-likeness (QED) is 0.514. The van der Waals surface area contributed by atoms with Crippen molar-refractivity contribution in [2.45, 2.75) is 18.9 Å². The zero-order valence-corrected chi connectivity index (χ0v) is 16.3. The van der Waals surface area contributed by atoms with Crippen LogP contribution in [-0.4, -0.2) is 37.2 Å². The van der Waals surface area contributed by atoms with E-state index in [9.17, 15) is 4.79 Å². The molecule has 0 bridgehead atoms. The number of halogens is 1. The maximum atomic E-state index is 13.0. The van der Waals surface area contributed by atoms with Crippen LogP contribution in [0, 0.1) is 0 Å². The Morgan fingerprint density at radius 3 is 2.90 bits per heavy atom. The third-order valence-electron chi connectivity index (χ3n) is 5.19. The molecule has 2 N–H and O–H groups in total. The van der Waals surface area contributed by atoms with Crippen LogP contribution in [0.4, 0.5) is 10.5 Å². The molecule has 29 heavy (non-hydrogen) atoms. The molecule has 0 aliphatic carbocycles. The number of aromatic amines is 1. The molecule has 0 saturated carbocycles. The number of nitrogens with one attached hydrogen (secondary N) is 2. The lowest BCUT2D eigenvalue weighted by Crippen LogP contribution is -2.34. The molecular formula is C21H19ClN6O. The summed E-state index contributed by atoms with van der Waals surface area (Å²) >= 11 is 6.39. The van der Waals surface area contributed by atoms with Gasteiger partial charge in [0.1, 0.15) is 5.82 Å². The van der Waals surface area contributed by atoms with Gasteiger partial charge in [-0.15, -0.1) is 0 Å². The summed E-state index contributed by atoms with van der Waals surface area (Å²) in [6, 6.07) is 14.9. The SMILES string of the molecule is O=C(Nc1ccc(-n2cccn2)c(Cl)c1)N1CCCC1c1nc2ccccc2[nH]1. The van der Waals surface area contributed by atoms with Crippen LogP contribution in [0.3, 0.4) is 0 Å². The van der Waals surface area contributed by atoms with E-state index in [1.807, 2.05) is 53.6 Å². The molecule has 146 valence electrons. The summed E-state index contributed by atoms with van der Waals surface area (Å²) in [4.78, 5) is 22.8. The van der Waals surface area contributed by atoms with Crippen LogP contribution < -0.4 is 5.32 Å². The molecule has 2 aromatic heterocycles. The highest BCUT2D eigenvalue weighted by Gasteiger charge is 2.32. The number of amides is 2. The number of hydrogen-bond donors (Lipinski definition) is 2. The smallest absolute Gasteiger partial charge is 0.322 e. The molecule has 7 nitrogen and oxygen atoms in total. The number of likely N-dealkylation sites (tertiary alicyclic amines) is 1. The van der Waals surface area contributed by atoms with Crippen molar-refractivity contribution in [2.24, 2.45) is 0 Å². The first kappa shape index (κ1) is 17.8. The number of anilines is 1. The number of rotatable bonds is 3. The van der Waals surface area contributed by atoms with Crippen molar-refractivity contribution in [3.63, 3.8) is 0 Å². The number of H-pyrrole nitrogens is 1. The number of imidazole rings is 1. The predicted molar refractivity (Wildman–Crippen MR) is 112 cm³/mol. The van der Waals surface area contributed by atoms with Gasteiger partial charge in [-0.3, -0.25) is 0 Å². The second-order valence-electron chi connectivity index (χ2n) is 7.04. The summed E-state index contributed by atoms with van der Waals surface area (Å²) in [6.07, 6.45) is 5.33. The summed E-state index contributed by atoms with van der Waals surface area (Å²) in [5, 5.41) is 7.67. The summed E-state index contributed by atoms with van der Waals surface area (Å²) in [6.45, 7) is 0.687. The topological polar surface area (TPSA) is 78.8 Å². The molecule has 1 aliphatic rings. The van der Waals surface area contributed by atoms with Crippen molar-refractivity contribution in [2.75, 3.05) is 11.9 Å². The second-order valence-corrected chi connectivity index (χ2v) is 7.44. The maximum absolute atomic E-state index is 13.0. The Balaban J connectivity index is 1.35. The molecule has 1 unspecified atom stereocenters. The Kier molecular flexibility index (Phi) is 4.44. The lowest BCUT2D eigenvalue weighted by Gasteiger charge is -2.23. The fourth-order valence-corrected chi connectivity index (χ4v) is 4.07. The van der Waals surface area contributed by atoms with E-state index in [4.69, 9.17) is 11.6 Å². The molecule has 8 heteroatoms. The molecular weight excluding hydrogens is 388 g/mol. The van der Waals surface area contributed by atoms with Gasteiger partial charge in [0, 0.05) is 24.6 Å². The van der Waals surface area contributed by atoms with Gasteiger partial charge in [0.05, 0.1) is 27.8 Å². The fourth-order valence-electron chi connectivity index (χ4n) is 3.80. The normalized spacial score (nSPS) is 16.4. The number of nitrogens with zero attached hydrogens (tertiary/aromatic N) is 4. The van der Waals surface area contributed by atoms with Crippen molar-refractivity contribution >= 4 is 34.4 Å². The highest BCUT2D eigenvalue weighted by atomic mass is 35.5. The summed E-state index contributed by atoms with van der Waals surface area (Å²) < 4.78 is 1.69. The van der Waals surface area contributed by atoms with Crippen LogP contribution in [0.25, 0.3) is 16.7 Å². The molecule has 3 heterocycles. The average Bonchev–Trinajstić information content (AvgIpc) is 3.46. The first-order valence-corrected chi connectivity index (χ1v) is 9.89. The van der Waals surface area contributed by atoms with E-state index in [-0.39, 0.29) is 12.1 Å².